The first-order chi connectivity index (χ1) is 7.02. The van der Waals surface area contributed by atoms with Crippen molar-refractivity contribution >= 4 is 21.7 Å². The second-order valence-corrected chi connectivity index (χ2v) is 4.81. The van der Waals surface area contributed by atoms with Gasteiger partial charge in [-0.05, 0) is 40.4 Å². The van der Waals surface area contributed by atoms with Crippen molar-refractivity contribution in [3.8, 4) is 0 Å². The maximum Gasteiger partial charge on any atom is 0.165 e. The number of carbonyl (C=O) groups is 1. The number of Topliss-reactive ketones (excluding diaryl/α,β-unsaturated/α-hetero) is 1. The minimum absolute atomic E-state index is 0.123. The van der Waals surface area contributed by atoms with Gasteiger partial charge < -0.3 is 0 Å². The van der Waals surface area contributed by atoms with Gasteiger partial charge in [0.2, 0.25) is 0 Å². The average molecular weight is 273 g/mol. The van der Waals surface area contributed by atoms with Gasteiger partial charge in [0, 0.05) is 6.42 Å². The lowest BCUT2D eigenvalue weighted by molar-refractivity contribution is 0.0971. The molecule has 0 amide bonds. The molecule has 0 heterocycles. The molecule has 0 saturated carbocycles. The van der Waals surface area contributed by atoms with E-state index < -0.39 is 5.82 Å². The van der Waals surface area contributed by atoms with Crippen LogP contribution in [0.4, 0.5) is 4.39 Å². The SMILES string of the molecule is CC(C)CCC(=O)c1cccc(Br)c1F. The van der Waals surface area contributed by atoms with Gasteiger partial charge >= 0.3 is 0 Å². The van der Waals surface area contributed by atoms with E-state index in [0.717, 1.165) is 6.42 Å². The monoisotopic (exact) mass is 272 g/mol. The van der Waals surface area contributed by atoms with Crippen LogP contribution in [0, 0.1) is 11.7 Å². The van der Waals surface area contributed by atoms with Crippen molar-refractivity contribution in [3.63, 3.8) is 0 Å². The van der Waals surface area contributed by atoms with Crippen molar-refractivity contribution in [1.82, 2.24) is 0 Å². The Morgan fingerprint density at radius 3 is 2.73 bits per heavy atom. The Bertz CT molecular complexity index is 361. The van der Waals surface area contributed by atoms with Gasteiger partial charge in [-0.15, -0.1) is 0 Å². The van der Waals surface area contributed by atoms with E-state index in [2.05, 4.69) is 15.9 Å². The predicted octanol–water partition coefficient (Wildman–Crippen LogP) is 4.21. The molecule has 0 saturated heterocycles. The molecule has 15 heavy (non-hydrogen) atoms. The Labute approximate surface area is 97.8 Å². The highest BCUT2D eigenvalue weighted by Gasteiger charge is 2.13. The van der Waals surface area contributed by atoms with Crippen molar-refractivity contribution in [2.45, 2.75) is 26.7 Å². The molecule has 1 nitrogen and oxygen atoms in total. The molecule has 0 atom stereocenters. The van der Waals surface area contributed by atoms with Crippen molar-refractivity contribution in [2.75, 3.05) is 0 Å². The molecule has 1 rings (SSSR count). The molecule has 0 spiro atoms. The molecule has 3 heteroatoms. The number of ketones is 1. The topological polar surface area (TPSA) is 17.1 Å². The van der Waals surface area contributed by atoms with E-state index in [1.807, 2.05) is 13.8 Å². The summed E-state index contributed by atoms with van der Waals surface area (Å²) in [6.07, 6.45) is 1.20. The number of hydrogen-bond acceptors (Lipinski definition) is 1. The van der Waals surface area contributed by atoms with Gasteiger partial charge in [0.25, 0.3) is 0 Å². The molecule has 0 bridgehead atoms. The third kappa shape index (κ3) is 3.42. The number of hydrogen-bond donors (Lipinski definition) is 0. The van der Waals surface area contributed by atoms with E-state index >= 15 is 0 Å². The lowest BCUT2D eigenvalue weighted by Crippen LogP contribution is -2.04. The van der Waals surface area contributed by atoms with Crippen LogP contribution in [0.3, 0.4) is 0 Å². The van der Waals surface area contributed by atoms with E-state index in [1.165, 1.54) is 6.07 Å². The van der Waals surface area contributed by atoms with E-state index in [0.29, 0.717) is 16.8 Å². The molecule has 0 aliphatic rings. The molecular weight excluding hydrogens is 259 g/mol. The Morgan fingerprint density at radius 2 is 2.13 bits per heavy atom. The maximum absolute atomic E-state index is 13.5. The van der Waals surface area contributed by atoms with Crippen molar-refractivity contribution < 1.29 is 9.18 Å². The number of carbonyl (C=O) groups excluding carboxylic acids is 1. The molecule has 0 aromatic heterocycles. The van der Waals surface area contributed by atoms with Gasteiger partial charge in [-0.1, -0.05) is 19.9 Å². The second-order valence-electron chi connectivity index (χ2n) is 3.96. The summed E-state index contributed by atoms with van der Waals surface area (Å²) in [5, 5.41) is 0. The van der Waals surface area contributed by atoms with Crippen LogP contribution in [-0.4, -0.2) is 5.78 Å². The van der Waals surface area contributed by atoms with Crippen LogP contribution in [-0.2, 0) is 0 Å². The second kappa shape index (κ2) is 5.40. The highest BCUT2D eigenvalue weighted by molar-refractivity contribution is 9.10. The highest BCUT2D eigenvalue weighted by atomic mass is 79.9. The van der Waals surface area contributed by atoms with Gasteiger partial charge in [-0.3, -0.25) is 4.79 Å². The summed E-state index contributed by atoms with van der Waals surface area (Å²) in [6.45, 7) is 4.09. The minimum atomic E-state index is -0.453. The molecule has 0 fully saturated rings. The summed E-state index contributed by atoms with van der Waals surface area (Å²) < 4.78 is 13.9. The number of halogens is 2. The Kier molecular flexibility index (Phi) is 4.45. The van der Waals surface area contributed by atoms with Crippen LogP contribution < -0.4 is 0 Å². The first kappa shape index (κ1) is 12.4. The molecule has 0 radical (unpaired) electrons. The Balaban J connectivity index is 2.78. The lowest BCUT2D eigenvalue weighted by Gasteiger charge is -2.05. The normalized spacial score (nSPS) is 10.7. The molecule has 0 N–H and O–H groups in total. The first-order valence-electron chi connectivity index (χ1n) is 4.99. The minimum Gasteiger partial charge on any atom is -0.294 e. The fraction of sp³-hybridized carbons (Fsp3) is 0.417. The largest absolute Gasteiger partial charge is 0.294 e. The van der Waals surface area contributed by atoms with Gasteiger partial charge in [0.05, 0.1) is 10.0 Å². The Morgan fingerprint density at radius 1 is 1.47 bits per heavy atom. The van der Waals surface area contributed by atoms with E-state index in [9.17, 15) is 9.18 Å². The van der Waals surface area contributed by atoms with Crippen LogP contribution in [0.1, 0.15) is 37.0 Å². The zero-order valence-corrected chi connectivity index (χ0v) is 10.5. The zero-order chi connectivity index (χ0) is 11.4. The van der Waals surface area contributed by atoms with E-state index in [1.54, 1.807) is 12.1 Å². The van der Waals surface area contributed by atoms with Crippen LogP contribution >= 0.6 is 15.9 Å². The summed E-state index contributed by atoms with van der Waals surface area (Å²) in [4.78, 5) is 11.7. The van der Waals surface area contributed by atoms with Gasteiger partial charge in [-0.2, -0.15) is 0 Å². The standard InChI is InChI=1S/C12H14BrFO/c1-8(2)6-7-11(15)9-4-3-5-10(13)12(9)14/h3-5,8H,6-7H2,1-2H3. The van der Waals surface area contributed by atoms with E-state index in [-0.39, 0.29) is 11.3 Å². The number of rotatable bonds is 4. The smallest absolute Gasteiger partial charge is 0.165 e. The zero-order valence-electron chi connectivity index (χ0n) is 8.89. The highest BCUT2D eigenvalue weighted by Crippen LogP contribution is 2.20. The van der Waals surface area contributed by atoms with E-state index in [4.69, 9.17) is 0 Å². The van der Waals surface area contributed by atoms with Crippen molar-refractivity contribution in [3.05, 3.63) is 34.1 Å². The first-order valence-corrected chi connectivity index (χ1v) is 5.79. The third-order valence-corrected chi connectivity index (χ3v) is 2.81. The van der Waals surface area contributed by atoms with Crippen molar-refractivity contribution in [2.24, 2.45) is 5.92 Å². The van der Waals surface area contributed by atoms with Gasteiger partial charge in [0.1, 0.15) is 5.82 Å². The predicted molar refractivity (Wildman–Crippen MR) is 62.5 cm³/mol. The summed E-state index contributed by atoms with van der Waals surface area (Å²) in [5.74, 6) is -0.113. The van der Waals surface area contributed by atoms with Crippen molar-refractivity contribution in [1.29, 1.82) is 0 Å². The quantitative estimate of drug-likeness (QED) is 0.751. The van der Waals surface area contributed by atoms with Gasteiger partial charge in [0.15, 0.2) is 5.78 Å². The average Bonchev–Trinajstić information content (AvgIpc) is 2.18. The third-order valence-electron chi connectivity index (χ3n) is 2.20. The van der Waals surface area contributed by atoms with Crippen LogP contribution in [0.25, 0.3) is 0 Å². The summed E-state index contributed by atoms with van der Waals surface area (Å²) in [6, 6.07) is 4.80. The molecule has 0 aliphatic heterocycles. The lowest BCUT2D eigenvalue weighted by atomic mass is 10.0. The number of benzene rings is 1. The summed E-state index contributed by atoms with van der Waals surface area (Å²) in [7, 11) is 0. The molecular formula is C12H14BrFO. The molecule has 1 aromatic carbocycles. The van der Waals surface area contributed by atoms with Crippen LogP contribution in [0.2, 0.25) is 0 Å². The van der Waals surface area contributed by atoms with Gasteiger partial charge in [-0.25, -0.2) is 4.39 Å². The van der Waals surface area contributed by atoms with Crippen LogP contribution in [0.15, 0.2) is 22.7 Å². The summed E-state index contributed by atoms with van der Waals surface area (Å²) in [5.41, 5.74) is 0.185. The summed E-state index contributed by atoms with van der Waals surface area (Å²) >= 11 is 3.07. The molecule has 0 aliphatic carbocycles. The molecule has 0 unspecified atom stereocenters. The fourth-order valence-corrected chi connectivity index (χ4v) is 1.64. The molecule has 1 aromatic rings. The maximum atomic E-state index is 13.5. The van der Waals surface area contributed by atoms with Crippen LogP contribution in [0.5, 0.6) is 0 Å². The molecule has 82 valence electrons. The Hall–Kier alpha value is -0.700. The fourth-order valence-electron chi connectivity index (χ4n) is 1.27.